The molecule has 72 valence electrons. The number of hydrogen-bond acceptors (Lipinski definition) is 4. The standard InChI is InChI=1S/C9H11N5/c1-7-2-3-8(4-10)9(13-7)14-6-11-5-12-14/h2-3,5-6H,4,10H2,1H3. The third-order valence-electron chi connectivity index (χ3n) is 1.95. The van der Waals surface area contributed by atoms with E-state index in [1.165, 1.54) is 6.33 Å². The molecule has 0 aliphatic heterocycles. The fraction of sp³-hybridized carbons (Fsp3) is 0.222. The van der Waals surface area contributed by atoms with Crippen LogP contribution >= 0.6 is 0 Å². The van der Waals surface area contributed by atoms with Crippen LogP contribution in [0.15, 0.2) is 24.8 Å². The van der Waals surface area contributed by atoms with Crippen LogP contribution in [0.2, 0.25) is 0 Å². The summed E-state index contributed by atoms with van der Waals surface area (Å²) in [7, 11) is 0. The van der Waals surface area contributed by atoms with Gasteiger partial charge in [0.1, 0.15) is 12.7 Å². The summed E-state index contributed by atoms with van der Waals surface area (Å²) in [6, 6.07) is 3.89. The number of aryl methyl sites for hydroxylation is 1. The van der Waals surface area contributed by atoms with Gasteiger partial charge in [-0.1, -0.05) is 6.07 Å². The van der Waals surface area contributed by atoms with Gasteiger partial charge < -0.3 is 5.73 Å². The summed E-state index contributed by atoms with van der Waals surface area (Å²) in [6.45, 7) is 2.38. The van der Waals surface area contributed by atoms with Gasteiger partial charge in [0.2, 0.25) is 0 Å². The van der Waals surface area contributed by atoms with E-state index in [2.05, 4.69) is 15.1 Å². The molecule has 0 fully saturated rings. The van der Waals surface area contributed by atoms with Crippen molar-refractivity contribution >= 4 is 0 Å². The maximum atomic E-state index is 5.61. The normalized spacial score (nSPS) is 10.4. The monoisotopic (exact) mass is 189 g/mol. The quantitative estimate of drug-likeness (QED) is 0.743. The number of pyridine rings is 1. The molecule has 2 aromatic heterocycles. The van der Waals surface area contributed by atoms with E-state index in [0.717, 1.165) is 17.1 Å². The molecule has 0 bridgehead atoms. The lowest BCUT2D eigenvalue weighted by molar-refractivity contribution is 0.816. The topological polar surface area (TPSA) is 69.6 Å². The highest BCUT2D eigenvalue weighted by atomic mass is 15.3. The molecule has 0 aliphatic carbocycles. The molecular formula is C9H11N5. The summed E-state index contributed by atoms with van der Waals surface area (Å²) < 4.78 is 1.62. The van der Waals surface area contributed by atoms with Crippen molar-refractivity contribution < 1.29 is 0 Å². The Morgan fingerprint density at radius 3 is 2.93 bits per heavy atom. The molecule has 0 aliphatic rings. The van der Waals surface area contributed by atoms with Crippen LogP contribution in [0.3, 0.4) is 0 Å². The Bertz CT molecular complexity index is 421. The van der Waals surface area contributed by atoms with Crippen LogP contribution in [0.5, 0.6) is 0 Å². The Hall–Kier alpha value is -1.75. The van der Waals surface area contributed by atoms with Crippen LogP contribution in [0.4, 0.5) is 0 Å². The summed E-state index contributed by atoms with van der Waals surface area (Å²) >= 11 is 0. The minimum absolute atomic E-state index is 0.447. The van der Waals surface area contributed by atoms with Gasteiger partial charge in [0.25, 0.3) is 0 Å². The maximum absolute atomic E-state index is 5.61. The molecule has 0 amide bonds. The Labute approximate surface area is 81.6 Å². The molecule has 0 spiro atoms. The van der Waals surface area contributed by atoms with E-state index in [-0.39, 0.29) is 0 Å². The van der Waals surface area contributed by atoms with Gasteiger partial charge in [0.15, 0.2) is 5.82 Å². The van der Waals surface area contributed by atoms with E-state index in [1.807, 2.05) is 19.1 Å². The van der Waals surface area contributed by atoms with Crippen LogP contribution in [-0.4, -0.2) is 19.7 Å². The van der Waals surface area contributed by atoms with Crippen molar-refractivity contribution in [1.82, 2.24) is 19.7 Å². The summed E-state index contributed by atoms with van der Waals surface area (Å²) in [5.41, 5.74) is 7.50. The lowest BCUT2D eigenvalue weighted by Crippen LogP contribution is -2.08. The third kappa shape index (κ3) is 1.49. The molecule has 0 radical (unpaired) electrons. The smallest absolute Gasteiger partial charge is 0.159 e. The van der Waals surface area contributed by atoms with Crippen molar-refractivity contribution in [3.05, 3.63) is 36.0 Å². The third-order valence-corrected chi connectivity index (χ3v) is 1.95. The lowest BCUT2D eigenvalue weighted by Gasteiger charge is -2.06. The summed E-state index contributed by atoms with van der Waals surface area (Å²) in [5.74, 6) is 0.755. The highest BCUT2D eigenvalue weighted by molar-refractivity contribution is 5.33. The predicted molar refractivity (Wildman–Crippen MR) is 51.8 cm³/mol. The Balaban J connectivity index is 2.55. The fourth-order valence-corrected chi connectivity index (χ4v) is 1.25. The van der Waals surface area contributed by atoms with E-state index in [4.69, 9.17) is 5.73 Å². The maximum Gasteiger partial charge on any atom is 0.159 e. The first-order valence-corrected chi connectivity index (χ1v) is 4.33. The summed E-state index contributed by atoms with van der Waals surface area (Å²) in [6.07, 6.45) is 3.09. The molecule has 2 heterocycles. The van der Waals surface area contributed by atoms with Gasteiger partial charge in [0, 0.05) is 17.8 Å². The molecule has 5 heteroatoms. The first-order valence-electron chi connectivity index (χ1n) is 4.33. The zero-order chi connectivity index (χ0) is 9.97. The van der Waals surface area contributed by atoms with Gasteiger partial charge in [-0.2, -0.15) is 5.10 Å². The van der Waals surface area contributed by atoms with Crippen molar-refractivity contribution in [2.24, 2.45) is 5.73 Å². The molecule has 2 N–H and O–H groups in total. The van der Waals surface area contributed by atoms with Gasteiger partial charge in [-0.25, -0.2) is 14.6 Å². The second-order valence-corrected chi connectivity index (χ2v) is 2.98. The molecule has 2 aromatic rings. The van der Waals surface area contributed by atoms with Gasteiger partial charge in [-0.3, -0.25) is 0 Å². The number of nitrogens with zero attached hydrogens (tertiary/aromatic N) is 4. The Morgan fingerprint density at radius 2 is 2.29 bits per heavy atom. The number of nitrogens with two attached hydrogens (primary N) is 1. The van der Waals surface area contributed by atoms with Gasteiger partial charge in [0.05, 0.1) is 0 Å². The van der Waals surface area contributed by atoms with Crippen LogP contribution in [0.25, 0.3) is 5.82 Å². The van der Waals surface area contributed by atoms with Crippen LogP contribution in [-0.2, 0) is 6.54 Å². The van der Waals surface area contributed by atoms with Crippen molar-refractivity contribution in [1.29, 1.82) is 0 Å². The minimum atomic E-state index is 0.447. The Morgan fingerprint density at radius 1 is 1.43 bits per heavy atom. The van der Waals surface area contributed by atoms with Crippen molar-refractivity contribution in [2.75, 3.05) is 0 Å². The number of hydrogen-bond donors (Lipinski definition) is 1. The SMILES string of the molecule is Cc1ccc(CN)c(-n2cncn2)n1. The number of aromatic nitrogens is 4. The predicted octanol–water partition coefficient (Wildman–Crippen LogP) is 0.429. The molecule has 0 aromatic carbocycles. The second kappa shape index (κ2) is 3.55. The molecular weight excluding hydrogens is 178 g/mol. The zero-order valence-electron chi connectivity index (χ0n) is 7.88. The van der Waals surface area contributed by atoms with E-state index >= 15 is 0 Å². The molecule has 0 atom stereocenters. The van der Waals surface area contributed by atoms with E-state index in [1.54, 1.807) is 11.0 Å². The minimum Gasteiger partial charge on any atom is -0.326 e. The highest BCUT2D eigenvalue weighted by Crippen LogP contribution is 2.10. The average molecular weight is 189 g/mol. The lowest BCUT2D eigenvalue weighted by atomic mass is 10.2. The fourth-order valence-electron chi connectivity index (χ4n) is 1.25. The second-order valence-electron chi connectivity index (χ2n) is 2.98. The molecule has 0 unspecified atom stereocenters. The summed E-state index contributed by atoms with van der Waals surface area (Å²) in [4.78, 5) is 8.24. The first-order chi connectivity index (χ1) is 6.81. The van der Waals surface area contributed by atoms with Gasteiger partial charge in [-0.05, 0) is 13.0 Å². The summed E-state index contributed by atoms with van der Waals surface area (Å²) in [5, 5.41) is 4.02. The van der Waals surface area contributed by atoms with Crippen molar-refractivity contribution in [3.63, 3.8) is 0 Å². The average Bonchev–Trinajstić information content (AvgIpc) is 2.70. The largest absolute Gasteiger partial charge is 0.326 e. The molecule has 2 rings (SSSR count). The van der Waals surface area contributed by atoms with Crippen LogP contribution < -0.4 is 5.73 Å². The Kier molecular flexibility index (Phi) is 2.24. The van der Waals surface area contributed by atoms with Crippen LogP contribution in [0, 0.1) is 6.92 Å². The van der Waals surface area contributed by atoms with E-state index < -0.39 is 0 Å². The van der Waals surface area contributed by atoms with Crippen molar-refractivity contribution in [2.45, 2.75) is 13.5 Å². The van der Waals surface area contributed by atoms with Crippen LogP contribution in [0.1, 0.15) is 11.3 Å². The molecule has 14 heavy (non-hydrogen) atoms. The van der Waals surface area contributed by atoms with E-state index in [9.17, 15) is 0 Å². The first kappa shape index (κ1) is 8.83. The number of rotatable bonds is 2. The highest BCUT2D eigenvalue weighted by Gasteiger charge is 2.05. The molecule has 5 nitrogen and oxygen atoms in total. The van der Waals surface area contributed by atoms with E-state index in [0.29, 0.717) is 6.54 Å². The molecule has 0 saturated carbocycles. The van der Waals surface area contributed by atoms with Crippen molar-refractivity contribution in [3.8, 4) is 5.82 Å². The van der Waals surface area contributed by atoms with Gasteiger partial charge in [-0.15, -0.1) is 0 Å². The zero-order valence-corrected chi connectivity index (χ0v) is 7.88. The molecule has 0 saturated heterocycles. The van der Waals surface area contributed by atoms with Gasteiger partial charge >= 0.3 is 0 Å².